The van der Waals surface area contributed by atoms with Crippen molar-refractivity contribution in [2.75, 3.05) is 10.6 Å². The highest BCUT2D eigenvalue weighted by Gasteiger charge is 2.16. The van der Waals surface area contributed by atoms with E-state index in [1.807, 2.05) is 38.1 Å². The first-order valence-electron chi connectivity index (χ1n) is 6.84. The normalized spacial score (nSPS) is 10.2. The lowest BCUT2D eigenvalue weighted by Crippen LogP contribution is -2.29. The van der Waals surface area contributed by atoms with Crippen LogP contribution in [-0.4, -0.2) is 11.8 Å². The standard InChI is InChI=1S/C17H18N2O2/c1-12(2)14-10-6-7-11-15(14)19-17(21)16(20)18-13-8-4-3-5-9-13/h3-12H,1-2H3,(H,18,20)(H,19,21). The van der Waals surface area contributed by atoms with Gasteiger partial charge in [-0.2, -0.15) is 0 Å². The van der Waals surface area contributed by atoms with Crippen LogP contribution >= 0.6 is 0 Å². The van der Waals surface area contributed by atoms with E-state index in [0.29, 0.717) is 11.4 Å². The Morgan fingerprint density at radius 1 is 0.810 bits per heavy atom. The topological polar surface area (TPSA) is 58.2 Å². The number of nitrogens with one attached hydrogen (secondary N) is 2. The number of anilines is 2. The first kappa shape index (κ1) is 14.8. The van der Waals surface area contributed by atoms with Crippen molar-refractivity contribution in [1.82, 2.24) is 0 Å². The number of hydrogen-bond donors (Lipinski definition) is 2. The van der Waals surface area contributed by atoms with Gasteiger partial charge in [0.05, 0.1) is 0 Å². The van der Waals surface area contributed by atoms with Gasteiger partial charge in [0.15, 0.2) is 0 Å². The van der Waals surface area contributed by atoms with Gasteiger partial charge in [-0.1, -0.05) is 50.2 Å². The number of amides is 2. The second kappa shape index (κ2) is 6.70. The van der Waals surface area contributed by atoms with Crippen molar-refractivity contribution in [1.29, 1.82) is 0 Å². The molecule has 2 aromatic carbocycles. The molecule has 0 saturated carbocycles. The summed E-state index contributed by atoms with van der Waals surface area (Å²) in [4.78, 5) is 23.8. The van der Waals surface area contributed by atoms with Gasteiger partial charge in [-0.05, 0) is 29.7 Å². The lowest BCUT2D eigenvalue weighted by atomic mass is 10.0. The Morgan fingerprint density at radius 2 is 1.38 bits per heavy atom. The molecule has 4 heteroatoms. The van der Waals surface area contributed by atoms with Gasteiger partial charge in [0, 0.05) is 11.4 Å². The Hall–Kier alpha value is -2.62. The van der Waals surface area contributed by atoms with E-state index in [1.54, 1.807) is 30.3 Å². The lowest BCUT2D eigenvalue weighted by molar-refractivity contribution is -0.133. The van der Waals surface area contributed by atoms with Crippen LogP contribution in [0, 0.1) is 0 Å². The first-order chi connectivity index (χ1) is 10.1. The maximum Gasteiger partial charge on any atom is 0.314 e. The van der Waals surface area contributed by atoms with E-state index in [1.165, 1.54) is 0 Å². The van der Waals surface area contributed by atoms with Crippen LogP contribution in [0.2, 0.25) is 0 Å². The molecule has 0 aromatic heterocycles. The van der Waals surface area contributed by atoms with Gasteiger partial charge in [-0.25, -0.2) is 0 Å². The maximum absolute atomic E-state index is 12.0. The first-order valence-corrected chi connectivity index (χ1v) is 6.84. The number of rotatable bonds is 3. The van der Waals surface area contributed by atoms with Crippen molar-refractivity contribution >= 4 is 23.2 Å². The predicted octanol–water partition coefficient (Wildman–Crippen LogP) is 3.39. The number of carbonyl (C=O) groups is 2. The van der Waals surface area contributed by atoms with Gasteiger partial charge in [0.2, 0.25) is 0 Å². The third-order valence-electron chi connectivity index (χ3n) is 3.07. The van der Waals surface area contributed by atoms with Gasteiger partial charge in [0.1, 0.15) is 0 Å². The minimum atomic E-state index is -0.681. The fourth-order valence-electron chi connectivity index (χ4n) is 2.00. The van der Waals surface area contributed by atoms with E-state index in [4.69, 9.17) is 0 Å². The molecule has 2 N–H and O–H groups in total. The molecule has 0 atom stereocenters. The largest absolute Gasteiger partial charge is 0.318 e. The lowest BCUT2D eigenvalue weighted by Gasteiger charge is -2.13. The molecule has 108 valence electrons. The zero-order valence-corrected chi connectivity index (χ0v) is 12.1. The summed E-state index contributed by atoms with van der Waals surface area (Å²) in [5.41, 5.74) is 2.26. The Kier molecular flexibility index (Phi) is 4.72. The second-order valence-electron chi connectivity index (χ2n) is 5.02. The van der Waals surface area contributed by atoms with Crippen LogP contribution in [-0.2, 0) is 9.59 Å². The van der Waals surface area contributed by atoms with Crippen molar-refractivity contribution in [3.63, 3.8) is 0 Å². The summed E-state index contributed by atoms with van der Waals surface area (Å²) < 4.78 is 0. The average Bonchev–Trinajstić information content (AvgIpc) is 2.48. The number of hydrogen-bond acceptors (Lipinski definition) is 2. The van der Waals surface area contributed by atoms with E-state index >= 15 is 0 Å². The Bertz CT molecular complexity index is 636. The van der Waals surface area contributed by atoms with Crippen molar-refractivity contribution in [3.8, 4) is 0 Å². The van der Waals surface area contributed by atoms with E-state index in [2.05, 4.69) is 10.6 Å². The SMILES string of the molecule is CC(C)c1ccccc1NC(=O)C(=O)Nc1ccccc1. The molecule has 0 fully saturated rings. The third kappa shape index (κ3) is 3.92. The molecule has 0 bridgehead atoms. The zero-order chi connectivity index (χ0) is 15.2. The number of carbonyl (C=O) groups excluding carboxylic acids is 2. The van der Waals surface area contributed by atoms with E-state index < -0.39 is 11.8 Å². The van der Waals surface area contributed by atoms with Crippen LogP contribution in [0.3, 0.4) is 0 Å². The summed E-state index contributed by atoms with van der Waals surface area (Å²) in [7, 11) is 0. The molecule has 0 heterocycles. The molecular formula is C17H18N2O2. The summed E-state index contributed by atoms with van der Waals surface area (Å²) in [6, 6.07) is 16.4. The van der Waals surface area contributed by atoms with Crippen LogP contribution in [0.4, 0.5) is 11.4 Å². The monoisotopic (exact) mass is 282 g/mol. The molecule has 2 aromatic rings. The molecule has 0 radical (unpaired) electrons. The van der Waals surface area contributed by atoms with Gasteiger partial charge in [-0.3, -0.25) is 9.59 Å². The molecule has 4 nitrogen and oxygen atoms in total. The van der Waals surface area contributed by atoms with E-state index in [9.17, 15) is 9.59 Å². The van der Waals surface area contributed by atoms with Crippen LogP contribution in [0.25, 0.3) is 0 Å². The van der Waals surface area contributed by atoms with Crippen molar-refractivity contribution < 1.29 is 9.59 Å². The number of para-hydroxylation sites is 2. The van der Waals surface area contributed by atoms with E-state index in [0.717, 1.165) is 5.56 Å². The summed E-state index contributed by atoms with van der Waals surface area (Å²) in [5.74, 6) is -1.09. The highest BCUT2D eigenvalue weighted by Crippen LogP contribution is 2.23. The molecule has 0 aliphatic carbocycles. The summed E-state index contributed by atoms with van der Waals surface area (Å²) in [6.45, 7) is 4.07. The maximum atomic E-state index is 12.0. The quantitative estimate of drug-likeness (QED) is 0.848. The molecule has 2 rings (SSSR count). The fourth-order valence-corrected chi connectivity index (χ4v) is 2.00. The Labute approximate surface area is 124 Å². The minimum Gasteiger partial charge on any atom is -0.318 e. The highest BCUT2D eigenvalue weighted by atomic mass is 16.2. The van der Waals surface area contributed by atoms with Gasteiger partial charge >= 0.3 is 11.8 Å². The fraction of sp³-hybridized carbons (Fsp3) is 0.176. The van der Waals surface area contributed by atoms with Crippen LogP contribution in [0.1, 0.15) is 25.3 Å². The van der Waals surface area contributed by atoms with Gasteiger partial charge < -0.3 is 10.6 Å². The Balaban J connectivity index is 2.06. The van der Waals surface area contributed by atoms with Crippen LogP contribution in [0.5, 0.6) is 0 Å². The predicted molar refractivity (Wildman–Crippen MR) is 84.2 cm³/mol. The minimum absolute atomic E-state index is 0.263. The molecular weight excluding hydrogens is 264 g/mol. The molecule has 2 amide bonds. The molecule has 0 spiro atoms. The summed E-state index contributed by atoms with van der Waals surface area (Å²) in [6.07, 6.45) is 0. The van der Waals surface area contributed by atoms with Crippen molar-refractivity contribution in [2.45, 2.75) is 19.8 Å². The van der Waals surface area contributed by atoms with Crippen molar-refractivity contribution in [3.05, 3.63) is 60.2 Å². The molecule has 0 aliphatic heterocycles. The number of benzene rings is 2. The molecule has 0 unspecified atom stereocenters. The van der Waals surface area contributed by atoms with Gasteiger partial charge in [0.25, 0.3) is 0 Å². The van der Waals surface area contributed by atoms with Crippen LogP contribution < -0.4 is 10.6 Å². The molecule has 0 saturated heterocycles. The smallest absolute Gasteiger partial charge is 0.314 e. The highest BCUT2D eigenvalue weighted by molar-refractivity contribution is 6.43. The van der Waals surface area contributed by atoms with Crippen LogP contribution in [0.15, 0.2) is 54.6 Å². The summed E-state index contributed by atoms with van der Waals surface area (Å²) in [5, 5.41) is 5.22. The zero-order valence-electron chi connectivity index (χ0n) is 12.1. The third-order valence-corrected chi connectivity index (χ3v) is 3.07. The average molecular weight is 282 g/mol. The molecule has 0 aliphatic rings. The van der Waals surface area contributed by atoms with Crippen molar-refractivity contribution in [2.24, 2.45) is 0 Å². The van der Waals surface area contributed by atoms with Gasteiger partial charge in [-0.15, -0.1) is 0 Å². The van der Waals surface area contributed by atoms with E-state index in [-0.39, 0.29) is 5.92 Å². The Morgan fingerprint density at radius 3 is 2.05 bits per heavy atom. The summed E-state index contributed by atoms with van der Waals surface area (Å²) >= 11 is 0. The molecule has 21 heavy (non-hydrogen) atoms. The second-order valence-corrected chi connectivity index (χ2v) is 5.02.